The number of nitrogens with one attached hydrogen (secondary N) is 1. The number of fused-ring (bicyclic) bond motifs is 1. The number of nitro benzene ring substituents is 1. The third-order valence-electron chi connectivity index (χ3n) is 2.65. The van der Waals surface area contributed by atoms with Gasteiger partial charge < -0.3 is 5.32 Å². The normalized spacial score (nSPS) is 19.2. The molecule has 1 heterocycles. The Hall–Kier alpha value is -1.65. The van der Waals surface area contributed by atoms with Gasteiger partial charge in [0.25, 0.3) is 0 Å². The molecule has 0 radical (unpaired) electrons. The van der Waals surface area contributed by atoms with Crippen LogP contribution in [-0.2, 0) is 6.42 Å². The third kappa shape index (κ3) is 1.65. The highest BCUT2D eigenvalue weighted by Gasteiger charge is 2.26. The molecule has 5 heteroatoms. The molecular formula is C10H11FN2O2. The first-order chi connectivity index (χ1) is 7.09. The van der Waals surface area contributed by atoms with Crippen molar-refractivity contribution in [3.63, 3.8) is 0 Å². The Morgan fingerprint density at radius 2 is 2.33 bits per heavy atom. The fourth-order valence-electron chi connectivity index (χ4n) is 1.89. The Morgan fingerprint density at radius 1 is 1.60 bits per heavy atom. The van der Waals surface area contributed by atoms with Gasteiger partial charge in [-0.2, -0.15) is 4.39 Å². The zero-order valence-electron chi connectivity index (χ0n) is 8.29. The Balaban J connectivity index is 2.55. The van der Waals surface area contributed by atoms with Crippen LogP contribution in [0.25, 0.3) is 0 Å². The minimum atomic E-state index is -0.755. The Bertz CT molecular complexity index is 420. The molecule has 0 unspecified atom stereocenters. The smallest absolute Gasteiger partial charge is 0.309 e. The second-order valence-corrected chi connectivity index (χ2v) is 3.76. The van der Waals surface area contributed by atoms with Crippen LogP contribution in [0.15, 0.2) is 12.1 Å². The van der Waals surface area contributed by atoms with E-state index < -0.39 is 10.7 Å². The number of anilines is 1. The maximum absolute atomic E-state index is 13.3. The molecule has 1 aliphatic rings. The first-order valence-electron chi connectivity index (χ1n) is 4.82. The highest BCUT2D eigenvalue weighted by atomic mass is 19.1. The molecule has 0 bridgehead atoms. The van der Waals surface area contributed by atoms with E-state index in [2.05, 4.69) is 5.32 Å². The van der Waals surface area contributed by atoms with Gasteiger partial charge in [0.2, 0.25) is 5.82 Å². The summed E-state index contributed by atoms with van der Waals surface area (Å²) in [6, 6.07) is 2.98. The van der Waals surface area contributed by atoms with E-state index in [9.17, 15) is 14.5 Å². The van der Waals surface area contributed by atoms with Gasteiger partial charge in [-0.15, -0.1) is 0 Å². The van der Waals surface area contributed by atoms with Crippen LogP contribution in [0, 0.1) is 15.9 Å². The lowest BCUT2D eigenvalue weighted by Gasteiger charge is -2.23. The molecule has 0 saturated carbocycles. The number of rotatable bonds is 1. The number of hydrogen-bond acceptors (Lipinski definition) is 3. The maximum atomic E-state index is 13.3. The standard InChI is InChI=1S/C10H11FN2O2/c1-6-2-3-7-9(12-6)5-4-8(11)10(7)13(14)15/h4-6,12H,2-3H2,1H3/t6-/m0/s1. The van der Waals surface area contributed by atoms with E-state index in [0.29, 0.717) is 17.7 Å². The zero-order valence-corrected chi connectivity index (χ0v) is 8.29. The number of hydrogen-bond donors (Lipinski definition) is 1. The first-order valence-corrected chi connectivity index (χ1v) is 4.82. The highest BCUT2D eigenvalue weighted by molar-refractivity contribution is 5.63. The van der Waals surface area contributed by atoms with Crippen LogP contribution < -0.4 is 5.32 Å². The van der Waals surface area contributed by atoms with E-state index in [1.807, 2.05) is 6.92 Å². The summed E-state index contributed by atoms with van der Waals surface area (Å²) in [6.45, 7) is 2.00. The molecule has 0 aliphatic carbocycles. The predicted octanol–water partition coefficient (Wildman–Crippen LogP) is 2.48. The van der Waals surface area contributed by atoms with E-state index in [1.165, 1.54) is 0 Å². The molecular weight excluding hydrogens is 199 g/mol. The topological polar surface area (TPSA) is 55.2 Å². The minimum absolute atomic E-state index is 0.280. The second kappa shape index (κ2) is 3.49. The molecule has 4 nitrogen and oxygen atoms in total. The molecule has 2 rings (SSSR count). The van der Waals surface area contributed by atoms with Crippen molar-refractivity contribution >= 4 is 11.4 Å². The van der Waals surface area contributed by atoms with Crippen LogP contribution in [0.4, 0.5) is 15.8 Å². The molecule has 0 saturated heterocycles. The molecule has 0 aromatic heterocycles. The van der Waals surface area contributed by atoms with Crippen LogP contribution in [0.3, 0.4) is 0 Å². The van der Waals surface area contributed by atoms with E-state index in [1.54, 1.807) is 6.07 Å². The number of nitro groups is 1. The van der Waals surface area contributed by atoms with Crippen LogP contribution in [0.2, 0.25) is 0 Å². The summed E-state index contributed by atoms with van der Waals surface area (Å²) < 4.78 is 13.3. The molecule has 1 aliphatic heterocycles. The van der Waals surface area contributed by atoms with E-state index >= 15 is 0 Å². The quantitative estimate of drug-likeness (QED) is 0.572. The van der Waals surface area contributed by atoms with Crippen LogP contribution in [0.5, 0.6) is 0 Å². The molecule has 1 aromatic carbocycles. The molecule has 0 spiro atoms. The molecule has 0 fully saturated rings. The molecule has 1 aromatic rings. The van der Waals surface area contributed by atoms with Gasteiger partial charge in [-0.05, 0) is 31.9 Å². The van der Waals surface area contributed by atoms with Gasteiger partial charge in [0.1, 0.15) is 0 Å². The van der Waals surface area contributed by atoms with Crippen molar-refractivity contribution in [3.05, 3.63) is 33.6 Å². The second-order valence-electron chi connectivity index (χ2n) is 3.76. The van der Waals surface area contributed by atoms with Gasteiger partial charge in [-0.1, -0.05) is 0 Å². The lowest BCUT2D eigenvalue weighted by Crippen LogP contribution is -2.22. The molecule has 80 valence electrons. The fourth-order valence-corrected chi connectivity index (χ4v) is 1.89. The Morgan fingerprint density at radius 3 is 3.00 bits per heavy atom. The number of benzene rings is 1. The summed E-state index contributed by atoms with van der Waals surface area (Å²) in [6.07, 6.45) is 1.34. The Kier molecular flexibility index (Phi) is 2.30. The van der Waals surface area contributed by atoms with Gasteiger partial charge in [-0.25, -0.2) is 0 Å². The maximum Gasteiger partial charge on any atom is 0.309 e. The number of halogens is 1. The highest BCUT2D eigenvalue weighted by Crippen LogP contribution is 2.34. The summed E-state index contributed by atoms with van der Waals surface area (Å²) >= 11 is 0. The van der Waals surface area contributed by atoms with Crippen molar-refractivity contribution < 1.29 is 9.31 Å². The summed E-state index contributed by atoms with van der Waals surface area (Å²) in [5.74, 6) is -0.755. The van der Waals surface area contributed by atoms with Crippen molar-refractivity contribution in [2.45, 2.75) is 25.8 Å². The average molecular weight is 210 g/mol. The largest absolute Gasteiger partial charge is 0.382 e. The van der Waals surface area contributed by atoms with Crippen LogP contribution in [-0.4, -0.2) is 11.0 Å². The SMILES string of the molecule is C[C@H]1CCc2c(ccc(F)c2[N+](=O)[O-])N1. The van der Waals surface area contributed by atoms with E-state index in [0.717, 1.165) is 12.5 Å². The van der Waals surface area contributed by atoms with E-state index in [-0.39, 0.29) is 11.7 Å². The van der Waals surface area contributed by atoms with Crippen molar-refractivity contribution in [1.29, 1.82) is 0 Å². The van der Waals surface area contributed by atoms with Gasteiger partial charge in [0, 0.05) is 11.7 Å². The number of nitrogens with zero attached hydrogens (tertiary/aromatic N) is 1. The minimum Gasteiger partial charge on any atom is -0.382 e. The lowest BCUT2D eigenvalue weighted by atomic mass is 9.97. The molecule has 15 heavy (non-hydrogen) atoms. The zero-order chi connectivity index (χ0) is 11.0. The van der Waals surface area contributed by atoms with Crippen molar-refractivity contribution in [2.24, 2.45) is 0 Å². The van der Waals surface area contributed by atoms with E-state index in [4.69, 9.17) is 0 Å². The van der Waals surface area contributed by atoms with Gasteiger partial charge in [-0.3, -0.25) is 10.1 Å². The summed E-state index contributed by atoms with van der Waals surface area (Å²) in [5, 5.41) is 13.8. The molecule has 1 atom stereocenters. The van der Waals surface area contributed by atoms with Gasteiger partial charge in [0.15, 0.2) is 0 Å². The van der Waals surface area contributed by atoms with Crippen molar-refractivity contribution in [1.82, 2.24) is 0 Å². The average Bonchev–Trinajstić information content (AvgIpc) is 2.17. The predicted molar refractivity (Wildman–Crippen MR) is 54.5 cm³/mol. The molecule has 1 N–H and O–H groups in total. The van der Waals surface area contributed by atoms with Gasteiger partial charge in [0.05, 0.1) is 10.5 Å². The molecule has 0 amide bonds. The van der Waals surface area contributed by atoms with Gasteiger partial charge >= 0.3 is 5.69 Å². The van der Waals surface area contributed by atoms with Crippen molar-refractivity contribution in [3.8, 4) is 0 Å². The third-order valence-corrected chi connectivity index (χ3v) is 2.65. The summed E-state index contributed by atoms with van der Waals surface area (Å²) in [4.78, 5) is 10.1. The monoisotopic (exact) mass is 210 g/mol. The lowest BCUT2D eigenvalue weighted by molar-refractivity contribution is -0.388. The van der Waals surface area contributed by atoms with Crippen LogP contribution >= 0.6 is 0 Å². The summed E-state index contributed by atoms with van der Waals surface area (Å²) in [5.41, 5.74) is 0.784. The van der Waals surface area contributed by atoms with Crippen LogP contribution in [0.1, 0.15) is 18.9 Å². The fraction of sp³-hybridized carbons (Fsp3) is 0.400. The first kappa shape index (κ1) is 9.89. The van der Waals surface area contributed by atoms with Crippen molar-refractivity contribution in [2.75, 3.05) is 5.32 Å². The Labute approximate surface area is 86.3 Å². The summed E-state index contributed by atoms with van der Waals surface area (Å²) in [7, 11) is 0.